The number of nitrogens with one attached hydrogen (secondary N) is 2. The number of carbonyl (C=O) groups is 2. The van der Waals surface area contributed by atoms with Crippen LogP contribution in [0.15, 0.2) is 41.3 Å². The topological polar surface area (TPSA) is 122 Å². The minimum Gasteiger partial charge on any atom is -0.369 e. The first-order valence-corrected chi connectivity index (χ1v) is 12.1. The molecular weight excluding hydrogens is 428 g/mol. The van der Waals surface area contributed by atoms with Crippen molar-refractivity contribution in [1.82, 2.24) is 9.62 Å². The minimum absolute atomic E-state index is 0.0938. The Balaban J connectivity index is 1.69. The zero-order valence-corrected chi connectivity index (χ0v) is 19.5. The number of primary amides is 1. The maximum atomic E-state index is 12.8. The van der Waals surface area contributed by atoms with E-state index in [1.54, 1.807) is 19.9 Å². The number of sulfonamides is 1. The van der Waals surface area contributed by atoms with Gasteiger partial charge in [-0.1, -0.05) is 12.1 Å². The maximum Gasteiger partial charge on any atom is 0.255 e. The highest BCUT2D eigenvalue weighted by molar-refractivity contribution is 7.89. The van der Waals surface area contributed by atoms with Gasteiger partial charge in [0, 0.05) is 24.3 Å². The number of carbonyl (C=O) groups excluding carboxylic acids is 2. The number of aryl methyl sites for hydroxylation is 1. The van der Waals surface area contributed by atoms with Gasteiger partial charge in [0.2, 0.25) is 15.9 Å². The van der Waals surface area contributed by atoms with Gasteiger partial charge in [-0.05, 0) is 81.2 Å². The molecule has 2 aromatic carbocycles. The number of piperidine rings is 1. The van der Waals surface area contributed by atoms with Crippen LogP contribution in [0.5, 0.6) is 0 Å². The van der Waals surface area contributed by atoms with Crippen LogP contribution in [-0.4, -0.2) is 45.3 Å². The first-order chi connectivity index (χ1) is 15.1. The summed E-state index contributed by atoms with van der Waals surface area (Å²) in [4.78, 5) is 26.5. The summed E-state index contributed by atoms with van der Waals surface area (Å²) in [7, 11) is -2.33. The fourth-order valence-corrected chi connectivity index (χ4v) is 5.00. The molecule has 1 aliphatic rings. The van der Waals surface area contributed by atoms with Crippen molar-refractivity contribution in [2.45, 2.75) is 38.1 Å². The SMILES string of the molecule is CNS(=O)(=O)c1cc(C(=O)Nc2ccc(CN3CCCC(C(N)=O)C3)cc2)cc(C)c1C. The molecule has 4 N–H and O–H groups in total. The average molecular weight is 459 g/mol. The summed E-state index contributed by atoms with van der Waals surface area (Å²) in [5.74, 6) is -0.726. The van der Waals surface area contributed by atoms with Crippen molar-refractivity contribution in [1.29, 1.82) is 0 Å². The zero-order chi connectivity index (χ0) is 23.5. The van der Waals surface area contributed by atoms with Gasteiger partial charge in [0.15, 0.2) is 0 Å². The van der Waals surface area contributed by atoms with Gasteiger partial charge in [0.25, 0.3) is 5.91 Å². The molecular formula is C23H30N4O4S. The van der Waals surface area contributed by atoms with E-state index in [-0.39, 0.29) is 28.2 Å². The highest BCUT2D eigenvalue weighted by atomic mass is 32.2. The Morgan fingerprint density at radius 1 is 1.16 bits per heavy atom. The van der Waals surface area contributed by atoms with E-state index < -0.39 is 10.0 Å². The molecule has 2 amide bonds. The Kier molecular flexibility index (Phi) is 7.33. The van der Waals surface area contributed by atoms with Crippen LogP contribution in [0.1, 0.15) is 39.9 Å². The van der Waals surface area contributed by atoms with Crippen molar-refractivity contribution in [2.75, 3.05) is 25.5 Å². The van der Waals surface area contributed by atoms with Gasteiger partial charge in [-0.15, -0.1) is 0 Å². The van der Waals surface area contributed by atoms with E-state index in [4.69, 9.17) is 5.73 Å². The molecule has 172 valence electrons. The first-order valence-electron chi connectivity index (χ1n) is 10.6. The molecule has 0 aliphatic carbocycles. The number of rotatable bonds is 7. The molecule has 0 spiro atoms. The third-order valence-corrected chi connectivity index (χ3v) is 7.51. The number of nitrogens with two attached hydrogens (primary N) is 1. The number of benzene rings is 2. The molecule has 9 heteroatoms. The standard InChI is InChI=1S/C23H30N4O4S/c1-15-11-19(12-21(16(15)2)32(30,31)25-3)23(29)26-20-8-6-17(7-9-20)13-27-10-4-5-18(14-27)22(24)28/h6-9,11-12,18,25H,4-5,10,13-14H2,1-3H3,(H2,24,28)(H,26,29). The predicted molar refractivity (Wildman–Crippen MR) is 124 cm³/mol. The van der Waals surface area contributed by atoms with E-state index in [0.717, 1.165) is 30.5 Å². The van der Waals surface area contributed by atoms with Crippen LogP contribution in [0.3, 0.4) is 0 Å². The number of amides is 2. The smallest absolute Gasteiger partial charge is 0.255 e. The molecule has 0 radical (unpaired) electrons. The Hall–Kier alpha value is -2.75. The summed E-state index contributed by atoms with van der Waals surface area (Å²) in [6, 6.07) is 10.6. The van der Waals surface area contributed by atoms with Crippen LogP contribution in [0, 0.1) is 19.8 Å². The molecule has 1 heterocycles. The summed E-state index contributed by atoms with van der Waals surface area (Å²) in [6.45, 7) is 5.79. The molecule has 0 aromatic heterocycles. The molecule has 0 saturated carbocycles. The van der Waals surface area contributed by atoms with Crippen LogP contribution in [-0.2, 0) is 21.4 Å². The second kappa shape index (κ2) is 9.81. The second-order valence-corrected chi connectivity index (χ2v) is 10.1. The highest BCUT2D eigenvalue weighted by Crippen LogP contribution is 2.23. The van der Waals surface area contributed by atoms with Crippen LogP contribution < -0.4 is 15.8 Å². The third kappa shape index (κ3) is 5.53. The monoisotopic (exact) mass is 458 g/mol. The summed E-state index contributed by atoms with van der Waals surface area (Å²) in [5, 5.41) is 2.83. The van der Waals surface area contributed by atoms with E-state index in [0.29, 0.717) is 24.3 Å². The van der Waals surface area contributed by atoms with E-state index in [1.165, 1.54) is 13.1 Å². The van der Waals surface area contributed by atoms with Crippen molar-refractivity contribution in [3.63, 3.8) is 0 Å². The fraction of sp³-hybridized carbons (Fsp3) is 0.391. The molecule has 1 fully saturated rings. The lowest BCUT2D eigenvalue weighted by Crippen LogP contribution is -2.40. The number of likely N-dealkylation sites (tertiary alicyclic amines) is 1. The molecule has 1 aliphatic heterocycles. The van der Waals surface area contributed by atoms with Crippen molar-refractivity contribution in [2.24, 2.45) is 11.7 Å². The van der Waals surface area contributed by atoms with Crippen molar-refractivity contribution in [3.8, 4) is 0 Å². The Morgan fingerprint density at radius 2 is 1.84 bits per heavy atom. The molecule has 8 nitrogen and oxygen atoms in total. The fourth-order valence-electron chi connectivity index (χ4n) is 3.93. The molecule has 3 rings (SSSR count). The number of anilines is 1. The molecule has 1 atom stereocenters. The molecule has 32 heavy (non-hydrogen) atoms. The van der Waals surface area contributed by atoms with E-state index in [9.17, 15) is 18.0 Å². The van der Waals surface area contributed by atoms with Crippen LogP contribution in [0.2, 0.25) is 0 Å². The van der Waals surface area contributed by atoms with Crippen LogP contribution in [0.4, 0.5) is 5.69 Å². The zero-order valence-electron chi connectivity index (χ0n) is 18.6. The molecule has 2 aromatic rings. The van der Waals surface area contributed by atoms with Crippen molar-refractivity contribution < 1.29 is 18.0 Å². The summed E-state index contributed by atoms with van der Waals surface area (Å²) < 4.78 is 26.9. The number of hydrogen-bond donors (Lipinski definition) is 3. The molecule has 1 unspecified atom stereocenters. The lowest BCUT2D eigenvalue weighted by atomic mass is 9.97. The van der Waals surface area contributed by atoms with Crippen molar-refractivity contribution >= 4 is 27.5 Å². The van der Waals surface area contributed by atoms with Gasteiger partial charge in [-0.3, -0.25) is 14.5 Å². The Morgan fingerprint density at radius 3 is 2.47 bits per heavy atom. The van der Waals surface area contributed by atoms with Gasteiger partial charge in [0.05, 0.1) is 10.8 Å². The Labute approximate surface area is 189 Å². The third-order valence-electron chi connectivity index (χ3n) is 5.97. The second-order valence-electron chi connectivity index (χ2n) is 8.25. The predicted octanol–water partition coefficient (Wildman–Crippen LogP) is 2.16. The summed E-state index contributed by atoms with van der Waals surface area (Å²) in [6.07, 6.45) is 1.79. The van der Waals surface area contributed by atoms with E-state index in [1.807, 2.05) is 24.3 Å². The Bertz CT molecular complexity index is 1110. The largest absolute Gasteiger partial charge is 0.369 e. The van der Waals surface area contributed by atoms with Gasteiger partial charge in [0.1, 0.15) is 0 Å². The van der Waals surface area contributed by atoms with E-state index in [2.05, 4.69) is 14.9 Å². The van der Waals surface area contributed by atoms with Gasteiger partial charge >= 0.3 is 0 Å². The van der Waals surface area contributed by atoms with Crippen LogP contribution in [0.25, 0.3) is 0 Å². The minimum atomic E-state index is -3.67. The van der Waals surface area contributed by atoms with Gasteiger partial charge in [-0.25, -0.2) is 13.1 Å². The average Bonchev–Trinajstić information content (AvgIpc) is 2.76. The summed E-state index contributed by atoms with van der Waals surface area (Å²) >= 11 is 0. The number of nitrogens with zero attached hydrogens (tertiary/aromatic N) is 1. The van der Waals surface area contributed by atoms with Crippen molar-refractivity contribution in [3.05, 3.63) is 58.7 Å². The lowest BCUT2D eigenvalue weighted by Gasteiger charge is -2.31. The van der Waals surface area contributed by atoms with Gasteiger partial charge in [-0.2, -0.15) is 0 Å². The normalized spacial score (nSPS) is 17.2. The van der Waals surface area contributed by atoms with E-state index >= 15 is 0 Å². The highest BCUT2D eigenvalue weighted by Gasteiger charge is 2.24. The van der Waals surface area contributed by atoms with Crippen LogP contribution >= 0.6 is 0 Å². The molecule has 0 bridgehead atoms. The first kappa shape index (κ1) is 23.9. The quantitative estimate of drug-likeness (QED) is 0.587. The lowest BCUT2D eigenvalue weighted by molar-refractivity contribution is -0.123. The number of hydrogen-bond acceptors (Lipinski definition) is 5. The van der Waals surface area contributed by atoms with Gasteiger partial charge < -0.3 is 11.1 Å². The molecule has 1 saturated heterocycles. The summed E-state index contributed by atoms with van der Waals surface area (Å²) in [5.41, 5.74) is 8.74. The maximum absolute atomic E-state index is 12.8.